The number of carboxylic acid groups (broad SMARTS) is 2. The highest BCUT2D eigenvalue weighted by atomic mass is 16.4. The SMILES string of the molecule is CCc1c(-c2ccccc2CN)c(C(N)=O)c2c(C(N)=O)ccc3c4ccc(C(=O)O)c5c(C(=O)O)ccc(c1c23)c54. The minimum absolute atomic E-state index is 0.0905. The molecule has 0 fully saturated rings. The van der Waals surface area contributed by atoms with Crippen molar-refractivity contribution >= 4 is 66.8 Å². The van der Waals surface area contributed by atoms with E-state index in [1.807, 2.05) is 31.2 Å². The van der Waals surface area contributed by atoms with E-state index in [1.165, 1.54) is 18.2 Å². The van der Waals surface area contributed by atoms with Gasteiger partial charge in [-0.15, -0.1) is 0 Å². The fraction of sp³-hybridized carbons (Fsp3) is 0.0909. The van der Waals surface area contributed by atoms with Crippen LogP contribution in [0.3, 0.4) is 0 Å². The van der Waals surface area contributed by atoms with Gasteiger partial charge in [0.25, 0.3) is 0 Å². The molecule has 0 heterocycles. The Kier molecular flexibility index (Phi) is 6.05. The first kappa shape index (κ1) is 26.7. The molecule has 0 unspecified atom stereocenters. The van der Waals surface area contributed by atoms with Crippen LogP contribution in [0, 0.1) is 0 Å². The molecule has 0 spiro atoms. The Morgan fingerprint density at radius 1 is 0.643 bits per heavy atom. The minimum Gasteiger partial charge on any atom is -0.478 e. The van der Waals surface area contributed by atoms with Gasteiger partial charge in [0.05, 0.1) is 16.7 Å². The third kappa shape index (κ3) is 3.54. The second-order valence-electron chi connectivity index (χ2n) is 10.1. The lowest BCUT2D eigenvalue weighted by Gasteiger charge is -2.25. The fourth-order valence-electron chi connectivity index (χ4n) is 6.52. The zero-order valence-corrected chi connectivity index (χ0v) is 22.4. The maximum absolute atomic E-state index is 13.4. The number of amides is 2. The van der Waals surface area contributed by atoms with Gasteiger partial charge in [0.1, 0.15) is 0 Å². The number of rotatable bonds is 7. The predicted molar refractivity (Wildman–Crippen MR) is 161 cm³/mol. The van der Waals surface area contributed by atoms with Crippen molar-refractivity contribution in [2.24, 2.45) is 17.2 Å². The molecule has 0 aromatic heterocycles. The van der Waals surface area contributed by atoms with Crippen molar-refractivity contribution in [1.82, 2.24) is 0 Å². The lowest BCUT2D eigenvalue weighted by Crippen LogP contribution is -2.19. The maximum Gasteiger partial charge on any atom is 0.336 e. The Hall–Kier alpha value is -5.54. The van der Waals surface area contributed by atoms with Crippen LogP contribution in [-0.2, 0) is 13.0 Å². The van der Waals surface area contributed by atoms with E-state index in [2.05, 4.69) is 0 Å². The summed E-state index contributed by atoms with van der Waals surface area (Å²) in [5.74, 6) is -4.04. The quantitative estimate of drug-likeness (QED) is 0.134. The molecule has 0 aliphatic carbocycles. The van der Waals surface area contributed by atoms with Gasteiger partial charge in [-0.05, 0) is 79.2 Å². The Labute approximate surface area is 238 Å². The van der Waals surface area contributed by atoms with Gasteiger partial charge in [0, 0.05) is 22.9 Å². The molecule has 0 atom stereocenters. The lowest BCUT2D eigenvalue weighted by atomic mass is 9.78. The third-order valence-electron chi connectivity index (χ3n) is 8.11. The predicted octanol–water partition coefficient (Wildman–Crippen LogP) is 5.02. The summed E-state index contributed by atoms with van der Waals surface area (Å²) in [6.07, 6.45) is 0.413. The summed E-state index contributed by atoms with van der Waals surface area (Å²) in [6.45, 7) is 2.08. The number of nitrogens with two attached hydrogens (primary N) is 3. The molecule has 0 aliphatic heterocycles. The normalized spacial score (nSPS) is 11.6. The molecule has 208 valence electrons. The van der Waals surface area contributed by atoms with Crippen molar-refractivity contribution in [3.8, 4) is 11.1 Å². The second kappa shape index (κ2) is 9.53. The Balaban J connectivity index is 2.06. The van der Waals surface area contributed by atoms with Crippen molar-refractivity contribution in [2.75, 3.05) is 0 Å². The van der Waals surface area contributed by atoms with E-state index < -0.39 is 23.8 Å². The van der Waals surface area contributed by atoms with Crippen LogP contribution in [0.4, 0.5) is 0 Å². The van der Waals surface area contributed by atoms with Gasteiger partial charge in [-0.2, -0.15) is 0 Å². The van der Waals surface area contributed by atoms with Gasteiger partial charge in [0.2, 0.25) is 11.8 Å². The highest BCUT2D eigenvalue weighted by Crippen LogP contribution is 2.49. The van der Waals surface area contributed by atoms with Crippen LogP contribution in [0.5, 0.6) is 0 Å². The molecular weight excluding hydrogens is 534 g/mol. The van der Waals surface area contributed by atoms with E-state index in [4.69, 9.17) is 17.2 Å². The van der Waals surface area contributed by atoms with Crippen molar-refractivity contribution in [1.29, 1.82) is 0 Å². The summed E-state index contributed by atoms with van der Waals surface area (Å²) >= 11 is 0. The highest BCUT2D eigenvalue weighted by Gasteiger charge is 2.30. The molecule has 9 nitrogen and oxygen atoms in total. The number of hydrogen-bond donors (Lipinski definition) is 5. The number of aryl methyl sites for hydroxylation is 1. The summed E-state index contributed by atoms with van der Waals surface area (Å²) in [4.78, 5) is 50.8. The van der Waals surface area contributed by atoms with E-state index in [0.29, 0.717) is 49.9 Å². The number of carboxylic acids is 2. The Morgan fingerprint density at radius 2 is 1.21 bits per heavy atom. The zero-order valence-electron chi connectivity index (χ0n) is 22.4. The van der Waals surface area contributed by atoms with Gasteiger partial charge < -0.3 is 27.4 Å². The summed E-state index contributed by atoms with van der Waals surface area (Å²) in [7, 11) is 0. The van der Waals surface area contributed by atoms with E-state index in [-0.39, 0.29) is 39.6 Å². The highest BCUT2D eigenvalue weighted by molar-refractivity contribution is 6.40. The number of hydrogen-bond acceptors (Lipinski definition) is 5. The summed E-state index contributed by atoms with van der Waals surface area (Å²) < 4.78 is 0. The van der Waals surface area contributed by atoms with Crippen LogP contribution in [0.25, 0.3) is 54.2 Å². The lowest BCUT2D eigenvalue weighted by molar-refractivity contribution is 0.0695. The molecule has 6 rings (SSSR count). The Bertz CT molecular complexity index is 2160. The zero-order chi connectivity index (χ0) is 30.0. The number of aromatic carboxylic acids is 2. The minimum atomic E-state index is -1.27. The van der Waals surface area contributed by atoms with Crippen molar-refractivity contribution in [2.45, 2.75) is 19.9 Å². The van der Waals surface area contributed by atoms with Crippen molar-refractivity contribution < 1.29 is 29.4 Å². The molecule has 0 aliphatic rings. The molecule has 0 bridgehead atoms. The smallest absolute Gasteiger partial charge is 0.336 e. The van der Waals surface area contributed by atoms with Gasteiger partial charge in [0.15, 0.2) is 0 Å². The first-order valence-corrected chi connectivity index (χ1v) is 13.2. The van der Waals surface area contributed by atoms with Gasteiger partial charge in [-0.1, -0.05) is 49.4 Å². The van der Waals surface area contributed by atoms with Crippen molar-refractivity contribution in [3.63, 3.8) is 0 Å². The molecule has 42 heavy (non-hydrogen) atoms. The van der Waals surface area contributed by atoms with Crippen LogP contribution in [-0.4, -0.2) is 34.0 Å². The molecule has 6 aromatic rings. The average Bonchev–Trinajstić information content (AvgIpc) is 2.97. The molecule has 6 aromatic carbocycles. The number of fused-ring (bicyclic) bond motifs is 2. The first-order valence-electron chi connectivity index (χ1n) is 13.2. The van der Waals surface area contributed by atoms with Crippen LogP contribution < -0.4 is 17.2 Å². The standard InChI is InChI=1S/C33H25N3O6/c1-2-15-23(16-6-4-3-5-14(16)13-34)29(31(36)38)28-20(30(35)37)10-7-18-17-8-11-21(32(39)40)26-22(33(41)42)12-9-19(25(17)26)24(15)27(18)28/h3-12H,2,13,34H2,1H3,(H2,35,37)(H2,36,38)(H,39,40)(H,41,42). The maximum atomic E-state index is 13.4. The van der Waals surface area contributed by atoms with Gasteiger partial charge in [-0.25, -0.2) is 9.59 Å². The van der Waals surface area contributed by atoms with E-state index in [1.54, 1.807) is 18.2 Å². The molecule has 8 N–H and O–H groups in total. The average molecular weight is 560 g/mol. The molecule has 0 saturated carbocycles. The van der Waals surface area contributed by atoms with Gasteiger partial charge in [-0.3, -0.25) is 9.59 Å². The fourth-order valence-corrected chi connectivity index (χ4v) is 6.52. The number of primary amides is 2. The third-order valence-corrected chi connectivity index (χ3v) is 8.11. The van der Waals surface area contributed by atoms with Crippen LogP contribution in [0.15, 0.2) is 60.7 Å². The molecular formula is C33H25N3O6. The first-order chi connectivity index (χ1) is 20.1. The van der Waals surface area contributed by atoms with E-state index >= 15 is 0 Å². The number of carbonyl (C=O) groups is 4. The van der Waals surface area contributed by atoms with Crippen LogP contribution >= 0.6 is 0 Å². The summed E-state index contributed by atoms with van der Waals surface area (Å²) in [5.41, 5.74) is 20.6. The largest absolute Gasteiger partial charge is 0.478 e. The number of benzene rings is 6. The monoisotopic (exact) mass is 559 g/mol. The summed E-state index contributed by atoms with van der Waals surface area (Å²) in [6, 6.07) is 16.6. The molecule has 9 heteroatoms. The Morgan fingerprint density at radius 3 is 1.76 bits per heavy atom. The molecule has 2 amide bonds. The molecule has 0 saturated heterocycles. The molecule has 0 radical (unpaired) electrons. The van der Waals surface area contributed by atoms with E-state index in [0.717, 1.165) is 11.1 Å². The number of carbonyl (C=O) groups excluding carboxylic acids is 2. The van der Waals surface area contributed by atoms with Crippen LogP contribution in [0.2, 0.25) is 0 Å². The van der Waals surface area contributed by atoms with Crippen LogP contribution in [0.1, 0.15) is 59.5 Å². The van der Waals surface area contributed by atoms with Gasteiger partial charge >= 0.3 is 11.9 Å². The van der Waals surface area contributed by atoms with E-state index in [9.17, 15) is 29.4 Å². The van der Waals surface area contributed by atoms with Crippen molar-refractivity contribution in [3.05, 3.63) is 94.0 Å². The second-order valence-corrected chi connectivity index (χ2v) is 10.1. The summed E-state index contributed by atoms with van der Waals surface area (Å²) in [5, 5.41) is 23.9. The topological polar surface area (TPSA) is 187 Å².